The van der Waals surface area contributed by atoms with Crippen molar-refractivity contribution in [2.24, 2.45) is 4.99 Å². The van der Waals surface area contributed by atoms with E-state index in [0.29, 0.717) is 44.1 Å². The van der Waals surface area contributed by atoms with Crippen molar-refractivity contribution in [2.75, 3.05) is 46.6 Å². The van der Waals surface area contributed by atoms with Crippen LogP contribution in [0.5, 0.6) is 0 Å². The third-order valence-electron chi connectivity index (χ3n) is 5.28. The van der Waals surface area contributed by atoms with Crippen LogP contribution in [-0.2, 0) is 21.1 Å². The lowest BCUT2D eigenvalue weighted by Gasteiger charge is -2.38. The molecule has 0 aromatic heterocycles. The van der Waals surface area contributed by atoms with Crippen molar-refractivity contribution in [3.8, 4) is 0 Å². The predicted molar refractivity (Wildman–Crippen MR) is 108 cm³/mol. The number of guanidine groups is 1. The summed E-state index contributed by atoms with van der Waals surface area (Å²) in [6.07, 6.45) is -1.12. The molecular weight excluding hydrogens is 383 g/mol. The molecule has 0 spiro atoms. The van der Waals surface area contributed by atoms with Crippen LogP contribution in [0, 0.1) is 0 Å². The average molecular weight is 416 g/mol. The molecule has 0 unspecified atom stereocenters. The second-order valence-corrected chi connectivity index (χ2v) is 7.23. The lowest BCUT2D eigenvalue weighted by atomic mass is 9.73. The number of benzene rings is 1. The first kappa shape index (κ1) is 23.5. The van der Waals surface area contributed by atoms with E-state index in [-0.39, 0.29) is 0 Å². The molecule has 164 valence electrons. The van der Waals surface area contributed by atoms with E-state index in [1.165, 1.54) is 12.1 Å². The van der Waals surface area contributed by atoms with Crippen LogP contribution < -0.4 is 10.6 Å². The molecule has 0 amide bonds. The minimum atomic E-state index is -4.35. The Morgan fingerprint density at radius 1 is 1.21 bits per heavy atom. The van der Waals surface area contributed by atoms with Gasteiger partial charge in [-0.2, -0.15) is 13.2 Å². The highest BCUT2D eigenvalue weighted by atomic mass is 19.4. The summed E-state index contributed by atoms with van der Waals surface area (Å²) < 4.78 is 50.4. The number of hydrogen-bond acceptors (Lipinski definition) is 3. The van der Waals surface area contributed by atoms with Gasteiger partial charge in [0.15, 0.2) is 5.96 Å². The summed E-state index contributed by atoms with van der Waals surface area (Å²) in [4.78, 5) is 4.24. The summed E-state index contributed by atoms with van der Waals surface area (Å²) >= 11 is 0. The van der Waals surface area contributed by atoms with E-state index in [0.717, 1.165) is 38.7 Å². The standard InChI is InChI=1S/C21H32F3N3O2/c1-3-28-12-5-4-11-26-19(25-2)27-16-20(9-13-29-14-10-20)17-7-6-8-18(15-17)21(22,23)24/h6-8,15H,3-5,9-14,16H2,1-2H3,(H2,25,26,27). The van der Waals surface area contributed by atoms with Gasteiger partial charge in [-0.1, -0.05) is 18.2 Å². The summed E-state index contributed by atoms with van der Waals surface area (Å²) in [5.74, 6) is 0.652. The normalized spacial score (nSPS) is 17.2. The lowest BCUT2D eigenvalue weighted by Crippen LogP contribution is -2.48. The van der Waals surface area contributed by atoms with Crippen molar-refractivity contribution < 1.29 is 22.6 Å². The second-order valence-electron chi connectivity index (χ2n) is 7.23. The first-order valence-electron chi connectivity index (χ1n) is 10.2. The van der Waals surface area contributed by atoms with E-state index in [9.17, 15) is 13.2 Å². The van der Waals surface area contributed by atoms with Crippen molar-refractivity contribution in [1.82, 2.24) is 10.6 Å². The highest BCUT2D eigenvalue weighted by Crippen LogP contribution is 2.37. The van der Waals surface area contributed by atoms with Gasteiger partial charge >= 0.3 is 6.18 Å². The number of aliphatic imine (C=N–C) groups is 1. The first-order valence-corrected chi connectivity index (χ1v) is 10.2. The predicted octanol–water partition coefficient (Wildman–Crippen LogP) is 3.74. The summed E-state index contributed by atoms with van der Waals surface area (Å²) in [6, 6.07) is 5.66. The number of halogens is 3. The van der Waals surface area contributed by atoms with Gasteiger partial charge in [-0.15, -0.1) is 0 Å². The van der Waals surface area contributed by atoms with E-state index in [2.05, 4.69) is 15.6 Å². The third-order valence-corrected chi connectivity index (χ3v) is 5.28. The molecule has 1 aromatic carbocycles. The molecule has 0 radical (unpaired) electrons. The summed E-state index contributed by atoms with van der Waals surface area (Å²) in [7, 11) is 1.69. The van der Waals surface area contributed by atoms with E-state index in [1.807, 2.05) is 6.92 Å². The molecule has 0 aliphatic carbocycles. The molecule has 2 rings (SSSR count). The van der Waals surface area contributed by atoms with Gasteiger partial charge in [0, 0.05) is 52.0 Å². The van der Waals surface area contributed by atoms with Crippen molar-refractivity contribution >= 4 is 5.96 Å². The van der Waals surface area contributed by atoms with Crippen molar-refractivity contribution in [3.05, 3.63) is 35.4 Å². The topological polar surface area (TPSA) is 54.9 Å². The molecular formula is C21H32F3N3O2. The van der Waals surface area contributed by atoms with Gasteiger partial charge in [-0.3, -0.25) is 4.99 Å². The van der Waals surface area contributed by atoms with E-state index >= 15 is 0 Å². The maximum atomic E-state index is 13.2. The van der Waals surface area contributed by atoms with Gasteiger partial charge < -0.3 is 20.1 Å². The van der Waals surface area contributed by atoms with Crippen LogP contribution >= 0.6 is 0 Å². The Hall–Kier alpha value is -1.80. The molecule has 1 saturated heterocycles. The highest BCUT2D eigenvalue weighted by Gasteiger charge is 2.37. The lowest BCUT2D eigenvalue weighted by molar-refractivity contribution is -0.137. The summed E-state index contributed by atoms with van der Waals surface area (Å²) in [5.41, 5.74) is -0.348. The molecule has 1 aromatic rings. The molecule has 29 heavy (non-hydrogen) atoms. The molecule has 1 heterocycles. The fourth-order valence-electron chi connectivity index (χ4n) is 3.51. The van der Waals surface area contributed by atoms with Gasteiger partial charge in [0.25, 0.3) is 0 Å². The molecule has 1 aliphatic heterocycles. The van der Waals surface area contributed by atoms with Gasteiger partial charge in [0.2, 0.25) is 0 Å². The number of unbranched alkanes of at least 4 members (excludes halogenated alkanes) is 1. The molecule has 1 fully saturated rings. The zero-order valence-electron chi connectivity index (χ0n) is 17.3. The highest BCUT2D eigenvalue weighted by molar-refractivity contribution is 5.79. The maximum absolute atomic E-state index is 13.2. The fourth-order valence-corrected chi connectivity index (χ4v) is 3.51. The molecule has 1 aliphatic rings. The molecule has 0 bridgehead atoms. The van der Waals surface area contributed by atoms with Crippen LogP contribution in [-0.4, -0.2) is 52.5 Å². The van der Waals surface area contributed by atoms with Crippen LogP contribution in [0.15, 0.2) is 29.3 Å². The Kier molecular flexibility index (Phi) is 9.23. The van der Waals surface area contributed by atoms with Gasteiger partial charge in [-0.05, 0) is 44.2 Å². The monoisotopic (exact) mass is 415 g/mol. The summed E-state index contributed by atoms with van der Waals surface area (Å²) in [5, 5.41) is 6.57. The molecule has 0 saturated carbocycles. The quantitative estimate of drug-likeness (QED) is 0.367. The fraction of sp³-hybridized carbons (Fsp3) is 0.667. The van der Waals surface area contributed by atoms with Crippen LogP contribution in [0.1, 0.15) is 43.7 Å². The second kappa shape index (κ2) is 11.4. The number of nitrogens with one attached hydrogen (secondary N) is 2. The first-order chi connectivity index (χ1) is 13.9. The minimum Gasteiger partial charge on any atom is -0.382 e. The SMILES string of the molecule is CCOCCCCNC(=NC)NCC1(c2cccc(C(F)(F)F)c2)CCOCC1. The average Bonchev–Trinajstić information content (AvgIpc) is 2.73. The van der Waals surface area contributed by atoms with Gasteiger partial charge in [0.1, 0.15) is 0 Å². The number of ether oxygens (including phenoxy) is 2. The zero-order valence-corrected chi connectivity index (χ0v) is 17.3. The molecule has 5 nitrogen and oxygen atoms in total. The van der Waals surface area contributed by atoms with Crippen LogP contribution in [0.4, 0.5) is 13.2 Å². The van der Waals surface area contributed by atoms with E-state index in [4.69, 9.17) is 9.47 Å². The van der Waals surface area contributed by atoms with Crippen molar-refractivity contribution in [2.45, 2.75) is 44.2 Å². The molecule has 0 atom stereocenters. The number of nitrogens with zero attached hydrogens (tertiary/aromatic N) is 1. The van der Waals surface area contributed by atoms with E-state index in [1.54, 1.807) is 13.1 Å². The van der Waals surface area contributed by atoms with Crippen LogP contribution in [0.3, 0.4) is 0 Å². The van der Waals surface area contributed by atoms with Crippen LogP contribution in [0.2, 0.25) is 0 Å². The molecule has 2 N–H and O–H groups in total. The Balaban J connectivity index is 2.01. The Morgan fingerprint density at radius 2 is 1.97 bits per heavy atom. The minimum absolute atomic E-state index is 0.425. The number of rotatable bonds is 9. The van der Waals surface area contributed by atoms with Crippen molar-refractivity contribution in [1.29, 1.82) is 0 Å². The molecule has 8 heteroatoms. The van der Waals surface area contributed by atoms with Gasteiger partial charge in [-0.25, -0.2) is 0 Å². The van der Waals surface area contributed by atoms with Crippen LogP contribution in [0.25, 0.3) is 0 Å². The smallest absolute Gasteiger partial charge is 0.382 e. The number of alkyl halides is 3. The third kappa shape index (κ3) is 7.19. The Bertz CT molecular complexity index is 644. The Labute approximate surface area is 171 Å². The summed E-state index contributed by atoms with van der Waals surface area (Å²) in [6.45, 7) is 5.74. The Morgan fingerprint density at radius 3 is 2.62 bits per heavy atom. The maximum Gasteiger partial charge on any atom is 0.416 e. The van der Waals surface area contributed by atoms with E-state index < -0.39 is 17.2 Å². The van der Waals surface area contributed by atoms with Crippen molar-refractivity contribution in [3.63, 3.8) is 0 Å². The number of hydrogen-bond donors (Lipinski definition) is 2. The largest absolute Gasteiger partial charge is 0.416 e. The zero-order chi connectivity index (χ0) is 21.2. The van der Waals surface area contributed by atoms with Gasteiger partial charge in [0.05, 0.1) is 5.56 Å².